The number of amides is 2. The van der Waals surface area contributed by atoms with Crippen LogP contribution in [0.5, 0.6) is 5.75 Å². The van der Waals surface area contributed by atoms with E-state index >= 15 is 0 Å². The lowest BCUT2D eigenvalue weighted by atomic mass is 10.1. The number of aryl methyl sites for hydroxylation is 3. The molecule has 2 aromatic heterocycles. The number of sulfonamides is 1. The van der Waals surface area contributed by atoms with E-state index in [-0.39, 0.29) is 12.2 Å². The molecule has 47 heavy (non-hydrogen) atoms. The summed E-state index contributed by atoms with van der Waals surface area (Å²) in [6, 6.07) is 19.6. The van der Waals surface area contributed by atoms with Crippen molar-refractivity contribution in [3.8, 4) is 5.75 Å². The highest BCUT2D eigenvalue weighted by atomic mass is 35.5. The number of benzene rings is 3. The number of carbonyl (C=O) groups excluding carboxylic acids is 2. The van der Waals surface area contributed by atoms with Crippen LogP contribution in [0, 0.1) is 13.8 Å². The summed E-state index contributed by atoms with van der Waals surface area (Å²) in [4.78, 5) is 29.2. The minimum Gasteiger partial charge on any atom is -0.494 e. The molecule has 2 amide bonds. The van der Waals surface area contributed by atoms with Gasteiger partial charge in [0.2, 0.25) is 10.0 Å². The summed E-state index contributed by atoms with van der Waals surface area (Å²) in [7, 11) is -4.11. The Hall–Kier alpha value is -3.96. The van der Waals surface area contributed by atoms with Crippen molar-refractivity contribution >= 4 is 67.5 Å². The van der Waals surface area contributed by atoms with Crippen molar-refractivity contribution in [2.75, 3.05) is 18.9 Å². The summed E-state index contributed by atoms with van der Waals surface area (Å²) in [5.74, 6) is -1.06. The number of carbonyl (C=O) groups is 2. The first-order chi connectivity index (χ1) is 22.4. The Morgan fingerprint density at radius 2 is 1.66 bits per heavy atom. The second-order valence-corrected chi connectivity index (χ2v) is 14.2. The second-order valence-electron chi connectivity index (χ2n) is 11.1. The van der Waals surface area contributed by atoms with E-state index < -0.39 is 27.6 Å². The molecule has 3 N–H and O–H groups in total. The predicted octanol–water partition coefficient (Wildman–Crippen LogP) is 7.10. The smallest absolute Gasteiger partial charge is 0.281 e. The van der Waals surface area contributed by atoms with Gasteiger partial charge in [0, 0.05) is 45.3 Å². The Labute approximate surface area is 288 Å². The number of halogens is 3. The molecule has 0 fully saturated rings. The Morgan fingerprint density at radius 1 is 0.915 bits per heavy atom. The minimum atomic E-state index is -4.11. The molecule has 5 rings (SSSR count). The summed E-state index contributed by atoms with van der Waals surface area (Å²) in [6.45, 7) is 4.39. The Kier molecular flexibility index (Phi) is 10.9. The normalized spacial score (nSPS) is 11.5. The molecule has 246 valence electrons. The van der Waals surface area contributed by atoms with Crippen LogP contribution < -0.4 is 14.8 Å². The SMILES string of the molecule is Cc1cc(OCCCc2c(C(=O)NS(=O)(=O)CCNC(=O)c3cccn3Cc3cccc(Cl)c3)[nH]c3cc(Cl)ccc23)cc(C)c1Cl. The van der Waals surface area contributed by atoms with Crippen molar-refractivity contribution in [3.63, 3.8) is 0 Å². The van der Waals surface area contributed by atoms with Gasteiger partial charge in [0.1, 0.15) is 17.1 Å². The lowest BCUT2D eigenvalue weighted by Gasteiger charge is -2.12. The summed E-state index contributed by atoms with van der Waals surface area (Å²) < 4.78 is 35.7. The molecule has 13 heteroatoms. The van der Waals surface area contributed by atoms with E-state index in [0.717, 1.165) is 22.1 Å². The van der Waals surface area contributed by atoms with Crippen molar-refractivity contribution in [3.05, 3.63) is 122 Å². The molecule has 0 saturated carbocycles. The van der Waals surface area contributed by atoms with Gasteiger partial charge in [0.05, 0.1) is 12.4 Å². The molecule has 0 aliphatic carbocycles. The van der Waals surface area contributed by atoms with Crippen LogP contribution in [-0.2, 0) is 23.0 Å². The van der Waals surface area contributed by atoms with Gasteiger partial charge >= 0.3 is 0 Å². The zero-order chi connectivity index (χ0) is 33.7. The van der Waals surface area contributed by atoms with Crippen LogP contribution in [0.1, 0.15) is 49.7 Å². The van der Waals surface area contributed by atoms with Gasteiger partial charge in [-0.2, -0.15) is 0 Å². The van der Waals surface area contributed by atoms with Crippen LogP contribution in [0.3, 0.4) is 0 Å². The molecule has 0 spiro atoms. The number of hydrogen-bond acceptors (Lipinski definition) is 5. The lowest BCUT2D eigenvalue weighted by Crippen LogP contribution is -2.38. The summed E-state index contributed by atoms with van der Waals surface area (Å²) in [5.41, 5.74) is 4.46. The number of fused-ring (bicyclic) bond motifs is 1. The summed E-state index contributed by atoms with van der Waals surface area (Å²) >= 11 is 18.5. The van der Waals surface area contributed by atoms with Crippen LogP contribution in [0.2, 0.25) is 15.1 Å². The van der Waals surface area contributed by atoms with Crippen LogP contribution in [0.25, 0.3) is 10.9 Å². The molecular weight excluding hydrogens is 683 g/mol. The number of aromatic nitrogens is 2. The number of aromatic amines is 1. The number of ether oxygens (including phenoxy) is 1. The fraction of sp³-hybridized carbons (Fsp3) is 0.235. The van der Waals surface area contributed by atoms with Gasteiger partial charge in [-0.15, -0.1) is 0 Å². The van der Waals surface area contributed by atoms with Crippen molar-refractivity contribution in [2.24, 2.45) is 0 Å². The molecule has 0 aliphatic rings. The molecular formula is C34H33Cl3N4O5S. The first kappa shape index (κ1) is 34.4. The first-order valence-electron chi connectivity index (χ1n) is 14.8. The third-order valence-corrected chi connectivity index (χ3v) is 9.86. The molecule has 0 unspecified atom stereocenters. The highest BCUT2D eigenvalue weighted by molar-refractivity contribution is 7.90. The van der Waals surface area contributed by atoms with Crippen molar-refractivity contribution < 1.29 is 22.7 Å². The van der Waals surface area contributed by atoms with E-state index in [1.54, 1.807) is 47.2 Å². The fourth-order valence-corrected chi connectivity index (χ4v) is 6.68. The van der Waals surface area contributed by atoms with E-state index in [1.165, 1.54) is 0 Å². The van der Waals surface area contributed by atoms with Crippen LogP contribution in [0.15, 0.2) is 72.9 Å². The third kappa shape index (κ3) is 8.70. The van der Waals surface area contributed by atoms with Crippen LogP contribution in [0.4, 0.5) is 0 Å². The van der Waals surface area contributed by atoms with E-state index in [0.29, 0.717) is 63.6 Å². The van der Waals surface area contributed by atoms with Gasteiger partial charge in [0.25, 0.3) is 11.8 Å². The molecule has 9 nitrogen and oxygen atoms in total. The largest absolute Gasteiger partial charge is 0.494 e. The maximum Gasteiger partial charge on any atom is 0.281 e. The van der Waals surface area contributed by atoms with Gasteiger partial charge in [-0.05, 0) is 97.5 Å². The average molecular weight is 716 g/mol. The lowest BCUT2D eigenvalue weighted by molar-refractivity contribution is 0.0946. The molecule has 0 aliphatic heterocycles. The van der Waals surface area contributed by atoms with Crippen molar-refractivity contribution in [1.82, 2.24) is 19.6 Å². The Morgan fingerprint density at radius 3 is 2.40 bits per heavy atom. The monoisotopic (exact) mass is 714 g/mol. The predicted molar refractivity (Wildman–Crippen MR) is 187 cm³/mol. The number of nitrogens with zero attached hydrogens (tertiary/aromatic N) is 1. The average Bonchev–Trinajstić information content (AvgIpc) is 3.62. The highest BCUT2D eigenvalue weighted by Crippen LogP contribution is 2.28. The molecule has 2 heterocycles. The molecule has 0 saturated heterocycles. The number of rotatable bonds is 13. The van der Waals surface area contributed by atoms with Crippen LogP contribution >= 0.6 is 34.8 Å². The number of H-pyrrole nitrogens is 1. The number of nitrogens with one attached hydrogen (secondary N) is 3. The summed E-state index contributed by atoms with van der Waals surface area (Å²) in [5, 5.41) is 5.13. The third-order valence-electron chi connectivity index (χ3n) is 7.55. The maximum atomic E-state index is 13.3. The van der Waals surface area contributed by atoms with Crippen molar-refractivity contribution in [2.45, 2.75) is 33.2 Å². The van der Waals surface area contributed by atoms with E-state index in [9.17, 15) is 18.0 Å². The van der Waals surface area contributed by atoms with Gasteiger partial charge in [-0.25, -0.2) is 13.1 Å². The Balaban J connectivity index is 1.20. The van der Waals surface area contributed by atoms with Gasteiger partial charge in [-0.3, -0.25) is 9.59 Å². The molecule has 0 atom stereocenters. The second kappa shape index (κ2) is 14.9. The molecule has 3 aromatic carbocycles. The van der Waals surface area contributed by atoms with Gasteiger partial charge in [-0.1, -0.05) is 53.0 Å². The van der Waals surface area contributed by atoms with E-state index in [1.807, 2.05) is 44.2 Å². The first-order valence-corrected chi connectivity index (χ1v) is 17.6. The minimum absolute atomic E-state index is 0.118. The fourth-order valence-electron chi connectivity index (χ4n) is 5.33. The van der Waals surface area contributed by atoms with Gasteiger partial charge in [0.15, 0.2) is 0 Å². The molecule has 5 aromatic rings. The van der Waals surface area contributed by atoms with Crippen LogP contribution in [-0.4, -0.2) is 48.7 Å². The van der Waals surface area contributed by atoms with Gasteiger partial charge < -0.3 is 19.6 Å². The quantitative estimate of drug-likeness (QED) is 0.112. The standard InChI is InChI=1S/C34H33Cl3N4O5S/c1-21-16-26(17-22(2)31(21)37)46-14-5-8-28-27-11-10-25(36)19-29(27)39-32(28)34(43)40-47(44,45)15-12-38-33(42)30-9-4-13-41(30)20-23-6-3-7-24(35)18-23/h3-4,6-7,9-11,13,16-19,39H,5,8,12,14-15,20H2,1-2H3,(H,38,42)(H,40,43). The number of hydrogen-bond donors (Lipinski definition) is 3. The zero-order valence-electron chi connectivity index (χ0n) is 25.7. The zero-order valence-corrected chi connectivity index (χ0v) is 28.8. The van der Waals surface area contributed by atoms with Crippen molar-refractivity contribution in [1.29, 1.82) is 0 Å². The van der Waals surface area contributed by atoms with E-state index in [2.05, 4.69) is 15.0 Å². The van der Waals surface area contributed by atoms with E-state index in [4.69, 9.17) is 39.5 Å². The molecule has 0 bridgehead atoms. The Bertz CT molecular complexity index is 2030. The molecule has 0 radical (unpaired) electrons. The highest BCUT2D eigenvalue weighted by Gasteiger charge is 2.23. The topological polar surface area (TPSA) is 122 Å². The summed E-state index contributed by atoms with van der Waals surface area (Å²) in [6.07, 6.45) is 2.73. The maximum absolute atomic E-state index is 13.3.